The largest absolute Gasteiger partial charge is 0.462 e. The molecule has 0 amide bonds. The first-order valence-electron chi connectivity index (χ1n) is 28.8. The molecule has 66 heavy (non-hydrogen) atoms. The number of hydrogen-bond acceptors (Lipinski definition) is 5. The van der Waals surface area contributed by atoms with Gasteiger partial charge in [-0.05, 0) is 83.5 Å². The highest BCUT2D eigenvalue weighted by atomic mass is 16.6. The van der Waals surface area contributed by atoms with Gasteiger partial charge in [-0.3, -0.25) is 9.59 Å². The third-order valence-corrected chi connectivity index (χ3v) is 12.5. The highest BCUT2D eigenvalue weighted by Gasteiger charge is 2.17. The number of ether oxygens (including phenoxy) is 3. The van der Waals surface area contributed by atoms with Crippen molar-refractivity contribution in [3.8, 4) is 0 Å². The van der Waals surface area contributed by atoms with E-state index in [0.717, 1.165) is 89.9 Å². The fourth-order valence-corrected chi connectivity index (χ4v) is 8.26. The Morgan fingerprint density at radius 3 is 1.12 bits per heavy atom. The fraction of sp³-hybridized carbons (Fsp3) is 0.803. The number of esters is 2. The van der Waals surface area contributed by atoms with Gasteiger partial charge in [-0.25, -0.2) is 0 Å². The molecule has 0 saturated carbocycles. The van der Waals surface area contributed by atoms with Crippen LogP contribution in [0.3, 0.4) is 0 Å². The Balaban J connectivity index is 4.27. The lowest BCUT2D eigenvalue weighted by molar-refractivity contribution is -0.163. The summed E-state index contributed by atoms with van der Waals surface area (Å²) in [6.07, 6.45) is 72.4. The van der Waals surface area contributed by atoms with E-state index in [4.69, 9.17) is 14.2 Å². The van der Waals surface area contributed by atoms with Crippen LogP contribution in [0.2, 0.25) is 0 Å². The zero-order valence-corrected chi connectivity index (χ0v) is 44.2. The van der Waals surface area contributed by atoms with Gasteiger partial charge in [-0.2, -0.15) is 0 Å². The molecule has 0 saturated heterocycles. The number of rotatable bonds is 53. The van der Waals surface area contributed by atoms with Crippen molar-refractivity contribution >= 4 is 11.9 Å². The molecule has 0 bridgehead atoms. The molecule has 0 spiro atoms. The van der Waals surface area contributed by atoms with E-state index in [1.165, 1.54) is 167 Å². The topological polar surface area (TPSA) is 61.8 Å². The van der Waals surface area contributed by atoms with Crippen molar-refractivity contribution in [2.24, 2.45) is 0 Å². The first kappa shape index (κ1) is 63.6. The van der Waals surface area contributed by atoms with Crippen molar-refractivity contribution in [3.05, 3.63) is 60.8 Å². The molecule has 0 N–H and O–H groups in total. The SMILES string of the molecule is CC/C=C\C/C=C\C/C=C\CCCCCCCCCC(=O)OCC(COCCCCCCCCCCCCCCCCCCCC)OC(=O)CCCCCCC/C=C\C/C=C\CCCCC. The van der Waals surface area contributed by atoms with Gasteiger partial charge in [0, 0.05) is 19.4 Å². The van der Waals surface area contributed by atoms with E-state index in [1.54, 1.807) is 0 Å². The molecular weight excluding hydrogens is 813 g/mol. The minimum Gasteiger partial charge on any atom is -0.462 e. The minimum atomic E-state index is -0.547. The molecule has 0 aliphatic carbocycles. The molecule has 5 nitrogen and oxygen atoms in total. The first-order valence-corrected chi connectivity index (χ1v) is 28.8. The van der Waals surface area contributed by atoms with Crippen LogP contribution in [0.15, 0.2) is 60.8 Å². The molecule has 0 radical (unpaired) electrons. The van der Waals surface area contributed by atoms with Gasteiger partial charge in [0.05, 0.1) is 6.61 Å². The first-order chi connectivity index (χ1) is 32.6. The van der Waals surface area contributed by atoms with E-state index in [9.17, 15) is 9.59 Å². The van der Waals surface area contributed by atoms with Gasteiger partial charge >= 0.3 is 11.9 Å². The van der Waals surface area contributed by atoms with Gasteiger partial charge in [0.2, 0.25) is 0 Å². The molecular formula is C61H110O5. The molecule has 1 unspecified atom stereocenters. The highest BCUT2D eigenvalue weighted by molar-refractivity contribution is 5.70. The molecule has 1 atom stereocenters. The standard InChI is InChI=1S/C61H110O5/c1-4-7-10-13-16-19-22-25-28-30-32-35-38-41-44-47-50-53-56-64-57-59(66-61(63)55-52-49-46-43-40-37-33-27-24-21-18-15-12-9-6-3)58-65-60(62)54-51-48-45-42-39-36-34-31-29-26-23-20-17-14-11-8-5-2/h8,11,17-18,20-21,26-27,29,33,59H,4-7,9-10,12-16,19,22-25,28,30-32,34-58H2,1-3H3/b11-8-,20-17-,21-18-,29-26-,33-27-. The third-order valence-electron chi connectivity index (χ3n) is 12.5. The normalized spacial score (nSPS) is 12.6. The number of hydrogen-bond donors (Lipinski definition) is 0. The predicted molar refractivity (Wildman–Crippen MR) is 288 cm³/mol. The van der Waals surface area contributed by atoms with Crippen molar-refractivity contribution in [2.45, 2.75) is 297 Å². The van der Waals surface area contributed by atoms with E-state index in [2.05, 4.69) is 81.5 Å². The van der Waals surface area contributed by atoms with Gasteiger partial charge in [0.15, 0.2) is 6.10 Å². The monoisotopic (exact) mass is 923 g/mol. The van der Waals surface area contributed by atoms with Crippen LogP contribution in [0.1, 0.15) is 290 Å². The molecule has 0 aliphatic rings. The molecule has 0 rings (SSSR count). The third kappa shape index (κ3) is 54.2. The Hall–Kier alpha value is -2.40. The summed E-state index contributed by atoms with van der Waals surface area (Å²) >= 11 is 0. The Kier molecular flexibility index (Phi) is 54.9. The van der Waals surface area contributed by atoms with Crippen molar-refractivity contribution in [3.63, 3.8) is 0 Å². The molecule has 0 fully saturated rings. The fourth-order valence-electron chi connectivity index (χ4n) is 8.26. The average Bonchev–Trinajstić information content (AvgIpc) is 3.32. The molecule has 0 aromatic carbocycles. The summed E-state index contributed by atoms with van der Waals surface area (Å²) in [6.45, 7) is 7.71. The summed E-state index contributed by atoms with van der Waals surface area (Å²) in [5.41, 5.74) is 0. The van der Waals surface area contributed by atoms with Crippen LogP contribution in [0.25, 0.3) is 0 Å². The van der Waals surface area contributed by atoms with Crippen molar-refractivity contribution in [1.82, 2.24) is 0 Å². The Morgan fingerprint density at radius 2 is 0.682 bits per heavy atom. The number of unbranched alkanes of at least 4 members (excludes halogenated alkanes) is 32. The van der Waals surface area contributed by atoms with Gasteiger partial charge in [-0.15, -0.1) is 0 Å². The molecule has 0 aliphatic heterocycles. The second kappa shape index (κ2) is 56.9. The second-order valence-electron chi connectivity index (χ2n) is 19.2. The lowest BCUT2D eigenvalue weighted by Crippen LogP contribution is -2.30. The summed E-state index contributed by atoms with van der Waals surface area (Å²) < 4.78 is 17.5. The number of carbonyl (C=O) groups is 2. The molecule has 0 aromatic heterocycles. The van der Waals surface area contributed by atoms with Gasteiger partial charge in [0.25, 0.3) is 0 Å². The van der Waals surface area contributed by atoms with E-state index in [1.807, 2.05) is 0 Å². The Morgan fingerprint density at radius 1 is 0.348 bits per heavy atom. The van der Waals surface area contributed by atoms with Crippen LogP contribution < -0.4 is 0 Å². The van der Waals surface area contributed by atoms with Crippen LogP contribution in [-0.2, 0) is 23.8 Å². The lowest BCUT2D eigenvalue weighted by Gasteiger charge is -2.18. The maximum atomic E-state index is 12.8. The Bertz CT molecular complexity index is 1130. The van der Waals surface area contributed by atoms with Crippen LogP contribution in [0.4, 0.5) is 0 Å². The maximum Gasteiger partial charge on any atom is 0.306 e. The van der Waals surface area contributed by atoms with E-state index in [-0.39, 0.29) is 25.2 Å². The molecule has 5 heteroatoms. The summed E-state index contributed by atoms with van der Waals surface area (Å²) in [5, 5.41) is 0. The van der Waals surface area contributed by atoms with Crippen LogP contribution in [0.5, 0.6) is 0 Å². The zero-order valence-electron chi connectivity index (χ0n) is 44.2. The van der Waals surface area contributed by atoms with Crippen molar-refractivity contribution < 1.29 is 23.8 Å². The summed E-state index contributed by atoms with van der Waals surface area (Å²) in [5.74, 6) is -0.412. The van der Waals surface area contributed by atoms with Crippen LogP contribution in [-0.4, -0.2) is 37.9 Å². The average molecular weight is 924 g/mol. The summed E-state index contributed by atoms with van der Waals surface area (Å²) in [7, 11) is 0. The predicted octanol–water partition coefficient (Wildman–Crippen LogP) is 19.7. The minimum absolute atomic E-state index is 0.0763. The van der Waals surface area contributed by atoms with Crippen molar-refractivity contribution in [1.29, 1.82) is 0 Å². The second-order valence-corrected chi connectivity index (χ2v) is 19.2. The molecule has 0 aromatic rings. The van der Waals surface area contributed by atoms with Crippen LogP contribution >= 0.6 is 0 Å². The number of carbonyl (C=O) groups excluding carboxylic acids is 2. The number of allylic oxidation sites excluding steroid dienone is 10. The highest BCUT2D eigenvalue weighted by Crippen LogP contribution is 2.16. The van der Waals surface area contributed by atoms with Crippen LogP contribution in [0, 0.1) is 0 Å². The smallest absolute Gasteiger partial charge is 0.306 e. The quantitative estimate of drug-likeness (QED) is 0.0346. The van der Waals surface area contributed by atoms with E-state index >= 15 is 0 Å². The van der Waals surface area contributed by atoms with E-state index in [0.29, 0.717) is 19.4 Å². The van der Waals surface area contributed by atoms with Crippen molar-refractivity contribution in [2.75, 3.05) is 19.8 Å². The zero-order chi connectivity index (χ0) is 47.7. The van der Waals surface area contributed by atoms with Gasteiger partial charge < -0.3 is 14.2 Å². The molecule has 384 valence electrons. The molecule has 0 heterocycles. The summed E-state index contributed by atoms with van der Waals surface area (Å²) in [4.78, 5) is 25.5. The van der Waals surface area contributed by atoms with E-state index < -0.39 is 6.10 Å². The summed E-state index contributed by atoms with van der Waals surface area (Å²) in [6, 6.07) is 0. The van der Waals surface area contributed by atoms with Gasteiger partial charge in [-0.1, -0.05) is 255 Å². The van der Waals surface area contributed by atoms with Gasteiger partial charge in [0.1, 0.15) is 6.61 Å². The lowest BCUT2D eigenvalue weighted by atomic mass is 10.0. The Labute approximate surface area is 411 Å². The maximum absolute atomic E-state index is 12.8.